The Morgan fingerprint density at radius 2 is 1.96 bits per heavy atom. The van der Waals surface area contributed by atoms with Gasteiger partial charge in [-0.1, -0.05) is 6.07 Å². The van der Waals surface area contributed by atoms with Crippen LogP contribution >= 0.6 is 0 Å². The van der Waals surface area contributed by atoms with Crippen LogP contribution in [0.1, 0.15) is 50.7 Å². The molecular weight excluding hydrogens is 364 g/mol. The van der Waals surface area contributed by atoms with Gasteiger partial charge in [-0.15, -0.1) is 0 Å². The summed E-state index contributed by atoms with van der Waals surface area (Å²) in [6, 6.07) is 2.68. The molecule has 0 saturated carbocycles. The molecule has 8 heteroatoms. The fraction of sp³-hybridized carbons (Fsp3) is 0.550. The molecule has 28 heavy (non-hydrogen) atoms. The summed E-state index contributed by atoms with van der Waals surface area (Å²) in [5, 5.41) is 10.6. The Morgan fingerprint density at radius 1 is 1.29 bits per heavy atom. The summed E-state index contributed by atoms with van der Waals surface area (Å²) in [6.45, 7) is 8.65. The highest BCUT2D eigenvalue weighted by Crippen LogP contribution is 2.45. The molecular formula is C20H24N2O6. The predicted octanol–water partition coefficient (Wildman–Crippen LogP) is 2.12. The summed E-state index contributed by atoms with van der Waals surface area (Å²) in [5.74, 6) is -1.52. The first-order valence-corrected chi connectivity index (χ1v) is 9.26. The van der Waals surface area contributed by atoms with Crippen molar-refractivity contribution in [3.05, 3.63) is 35.7 Å². The molecule has 2 amide bonds. The van der Waals surface area contributed by atoms with Crippen LogP contribution in [0.5, 0.6) is 0 Å². The zero-order valence-corrected chi connectivity index (χ0v) is 16.5. The Hall–Kier alpha value is -2.29. The van der Waals surface area contributed by atoms with Gasteiger partial charge in [-0.05, 0) is 52.3 Å². The second-order valence-electron chi connectivity index (χ2n) is 8.68. The minimum absolute atomic E-state index is 0.139. The van der Waals surface area contributed by atoms with Crippen LogP contribution in [0.4, 0.5) is 4.79 Å². The van der Waals surface area contributed by atoms with Crippen molar-refractivity contribution in [2.24, 2.45) is 0 Å². The minimum Gasteiger partial charge on any atom is -0.443 e. The summed E-state index contributed by atoms with van der Waals surface area (Å²) in [7, 11) is 0. The number of carbonyl (C=O) groups excluding carboxylic acids is 2. The maximum Gasteiger partial charge on any atom is 0.418 e. The van der Waals surface area contributed by atoms with Crippen molar-refractivity contribution in [1.82, 2.24) is 9.88 Å². The summed E-state index contributed by atoms with van der Waals surface area (Å²) in [6.07, 6.45) is -0.0611. The number of carbonyl (C=O) groups is 2. The summed E-state index contributed by atoms with van der Waals surface area (Å²) in [5.41, 5.74) is 0.525. The third-order valence-electron chi connectivity index (χ3n) is 4.89. The number of amides is 2. The van der Waals surface area contributed by atoms with Gasteiger partial charge in [0.05, 0.1) is 6.04 Å². The molecule has 8 nitrogen and oxygen atoms in total. The van der Waals surface area contributed by atoms with Crippen molar-refractivity contribution in [2.45, 2.75) is 70.4 Å². The maximum atomic E-state index is 13.2. The smallest absolute Gasteiger partial charge is 0.418 e. The summed E-state index contributed by atoms with van der Waals surface area (Å²) >= 11 is 0. The topological polar surface area (TPSA) is 98.2 Å². The van der Waals surface area contributed by atoms with Crippen LogP contribution in [0.15, 0.2) is 24.4 Å². The molecule has 0 aromatic carbocycles. The molecule has 0 radical (unpaired) electrons. The molecule has 1 aromatic heterocycles. The number of aliphatic hydroxyl groups excluding tert-OH is 1. The van der Waals surface area contributed by atoms with Crippen molar-refractivity contribution in [3.8, 4) is 0 Å². The zero-order chi connectivity index (χ0) is 20.4. The average molecular weight is 388 g/mol. The number of hydrogen-bond acceptors (Lipinski definition) is 7. The molecule has 4 atom stereocenters. The number of pyridine rings is 1. The number of nitrogens with zero attached hydrogens (tertiary/aromatic N) is 2. The van der Waals surface area contributed by atoms with Gasteiger partial charge in [0, 0.05) is 11.8 Å². The molecule has 2 aliphatic heterocycles. The van der Waals surface area contributed by atoms with Crippen molar-refractivity contribution < 1.29 is 28.9 Å². The second kappa shape index (κ2) is 6.10. The normalized spacial score (nSPS) is 30.9. The molecule has 3 aliphatic rings. The van der Waals surface area contributed by atoms with Crippen molar-refractivity contribution >= 4 is 17.6 Å². The van der Waals surface area contributed by atoms with E-state index in [0.29, 0.717) is 11.1 Å². The summed E-state index contributed by atoms with van der Waals surface area (Å²) in [4.78, 5) is 31.4. The van der Waals surface area contributed by atoms with E-state index < -0.39 is 47.7 Å². The molecule has 0 spiro atoms. The Kier molecular flexibility index (Phi) is 4.15. The van der Waals surface area contributed by atoms with Gasteiger partial charge in [-0.25, -0.2) is 9.69 Å². The molecule has 1 saturated heterocycles. The fourth-order valence-corrected chi connectivity index (χ4v) is 3.97. The standard InChI is InChI=1S/C20H24N2O6/c1-19(2,3)28-18(25)22-14-11(10-7-6-8-21-13(10)17(22)24)9-12(23)15-16(14)27-20(4,5)26-15/h6-9,12,14-16,23H,1-5H3/t12-,14?,15+,16-/m0/s1. The predicted molar refractivity (Wildman–Crippen MR) is 98.2 cm³/mol. The first-order valence-electron chi connectivity index (χ1n) is 9.26. The largest absolute Gasteiger partial charge is 0.443 e. The monoisotopic (exact) mass is 388 g/mol. The lowest BCUT2D eigenvalue weighted by Crippen LogP contribution is -2.60. The van der Waals surface area contributed by atoms with Crippen LogP contribution in [0, 0.1) is 0 Å². The molecule has 1 unspecified atom stereocenters. The van der Waals surface area contributed by atoms with Crippen molar-refractivity contribution in [2.75, 3.05) is 0 Å². The van der Waals surface area contributed by atoms with Gasteiger partial charge < -0.3 is 19.3 Å². The van der Waals surface area contributed by atoms with Gasteiger partial charge in [0.2, 0.25) is 0 Å². The van der Waals surface area contributed by atoms with E-state index in [-0.39, 0.29) is 5.69 Å². The van der Waals surface area contributed by atoms with Crippen LogP contribution in [-0.2, 0) is 14.2 Å². The van der Waals surface area contributed by atoms with Gasteiger partial charge in [0.1, 0.15) is 29.6 Å². The van der Waals surface area contributed by atoms with Gasteiger partial charge >= 0.3 is 6.09 Å². The van der Waals surface area contributed by atoms with E-state index in [1.54, 1.807) is 52.8 Å². The third-order valence-corrected chi connectivity index (χ3v) is 4.89. The number of imide groups is 1. The Labute approximate surface area is 163 Å². The van der Waals surface area contributed by atoms with Crippen molar-refractivity contribution in [3.63, 3.8) is 0 Å². The van der Waals surface area contributed by atoms with E-state index in [9.17, 15) is 14.7 Å². The molecule has 1 aromatic rings. The number of ether oxygens (including phenoxy) is 3. The van der Waals surface area contributed by atoms with E-state index in [1.807, 2.05) is 0 Å². The Bertz CT molecular complexity index is 872. The van der Waals surface area contributed by atoms with Crippen molar-refractivity contribution in [1.29, 1.82) is 0 Å². The highest BCUT2D eigenvalue weighted by Gasteiger charge is 2.57. The molecule has 1 N–H and O–H groups in total. The third kappa shape index (κ3) is 3.01. The number of aromatic nitrogens is 1. The number of aliphatic hydroxyl groups is 1. The van der Waals surface area contributed by atoms with Gasteiger partial charge in [0.25, 0.3) is 5.91 Å². The van der Waals surface area contributed by atoms with Gasteiger partial charge in [-0.2, -0.15) is 0 Å². The lowest BCUT2D eigenvalue weighted by Gasteiger charge is -2.43. The van der Waals surface area contributed by atoms with Crippen LogP contribution in [0.25, 0.3) is 5.57 Å². The average Bonchev–Trinajstić information content (AvgIpc) is 2.91. The number of hydrogen-bond donors (Lipinski definition) is 1. The van der Waals surface area contributed by atoms with E-state index in [2.05, 4.69) is 4.98 Å². The van der Waals surface area contributed by atoms with Crippen LogP contribution < -0.4 is 0 Å². The fourth-order valence-electron chi connectivity index (χ4n) is 3.97. The molecule has 150 valence electrons. The first-order chi connectivity index (χ1) is 13.0. The number of fused-ring (bicyclic) bond motifs is 5. The van der Waals surface area contributed by atoms with E-state index >= 15 is 0 Å². The first kappa shape index (κ1) is 19.0. The van der Waals surface area contributed by atoms with E-state index in [1.165, 1.54) is 6.20 Å². The lowest BCUT2D eigenvalue weighted by molar-refractivity contribution is -0.153. The van der Waals surface area contributed by atoms with Crippen LogP contribution in [0.3, 0.4) is 0 Å². The highest BCUT2D eigenvalue weighted by molar-refractivity contribution is 6.09. The SMILES string of the molecule is CC(C)(C)OC(=O)N1C(=O)c2ncccc2C2=C[C@H](O)[C@H]3OC(C)(C)O[C@H]3C21. The second-order valence-corrected chi connectivity index (χ2v) is 8.68. The van der Waals surface area contributed by atoms with Gasteiger partial charge in [-0.3, -0.25) is 9.78 Å². The van der Waals surface area contributed by atoms with E-state index in [0.717, 1.165) is 4.90 Å². The van der Waals surface area contributed by atoms with E-state index in [4.69, 9.17) is 14.2 Å². The zero-order valence-electron chi connectivity index (χ0n) is 16.5. The Morgan fingerprint density at radius 3 is 2.64 bits per heavy atom. The summed E-state index contributed by atoms with van der Waals surface area (Å²) < 4.78 is 17.4. The number of rotatable bonds is 0. The molecule has 0 bridgehead atoms. The lowest BCUT2D eigenvalue weighted by atomic mass is 9.80. The molecule has 1 aliphatic carbocycles. The quantitative estimate of drug-likeness (QED) is 0.727. The molecule has 1 fully saturated rings. The maximum absolute atomic E-state index is 13.2. The van der Waals surface area contributed by atoms with Crippen LogP contribution in [-0.4, -0.2) is 62.7 Å². The minimum atomic E-state index is -0.961. The molecule has 4 rings (SSSR count). The van der Waals surface area contributed by atoms with Gasteiger partial charge in [0.15, 0.2) is 5.79 Å². The Balaban J connectivity index is 1.86. The highest BCUT2D eigenvalue weighted by atomic mass is 16.8. The van der Waals surface area contributed by atoms with Crippen LogP contribution in [0.2, 0.25) is 0 Å². The molecule has 3 heterocycles.